The van der Waals surface area contributed by atoms with Gasteiger partial charge in [0.05, 0.1) is 6.04 Å². The molecule has 0 radical (unpaired) electrons. The van der Waals surface area contributed by atoms with Crippen LogP contribution in [0.5, 0.6) is 0 Å². The van der Waals surface area contributed by atoms with E-state index in [1.807, 2.05) is 11.8 Å². The number of nitrogens with zero attached hydrogens (tertiary/aromatic N) is 2. The van der Waals surface area contributed by atoms with Gasteiger partial charge in [-0.3, -0.25) is 4.79 Å². The van der Waals surface area contributed by atoms with E-state index in [1.54, 1.807) is 0 Å². The van der Waals surface area contributed by atoms with Crippen molar-refractivity contribution >= 4 is 5.91 Å². The van der Waals surface area contributed by atoms with Gasteiger partial charge in [0.25, 0.3) is 0 Å². The predicted molar refractivity (Wildman–Crippen MR) is 73.3 cm³/mol. The monoisotopic (exact) mass is 253 g/mol. The van der Waals surface area contributed by atoms with Gasteiger partial charge in [-0.05, 0) is 45.2 Å². The molecule has 2 N–H and O–H groups in total. The van der Waals surface area contributed by atoms with Crippen molar-refractivity contribution in [3.63, 3.8) is 0 Å². The number of rotatable bonds is 4. The quantitative estimate of drug-likeness (QED) is 0.819. The normalized spacial score (nSPS) is 27.4. The third-order valence-electron chi connectivity index (χ3n) is 4.33. The van der Waals surface area contributed by atoms with Crippen molar-refractivity contribution in [1.82, 2.24) is 9.80 Å². The van der Waals surface area contributed by atoms with Gasteiger partial charge in [-0.2, -0.15) is 0 Å². The van der Waals surface area contributed by atoms with Gasteiger partial charge in [-0.1, -0.05) is 13.3 Å². The molecule has 1 unspecified atom stereocenters. The third kappa shape index (κ3) is 3.23. The van der Waals surface area contributed by atoms with Crippen LogP contribution in [0.2, 0.25) is 0 Å². The fraction of sp³-hybridized carbons (Fsp3) is 0.929. The molecule has 0 aliphatic carbocycles. The minimum atomic E-state index is -0.299. The van der Waals surface area contributed by atoms with E-state index in [4.69, 9.17) is 5.73 Å². The Labute approximate surface area is 110 Å². The fourth-order valence-corrected chi connectivity index (χ4v) is 3.14. The van der Waals surface area contributed by atoms with Crippen LogP contribution in [0.15, 0.2) is 0 Å². The van der Waals surface area contributed by atoms with Crippen LogP contribution in [0.25, 0.3) is 0 Å². The van der Waals surface area contributed by atoms with Crippen molar-refractivity contribution in [2.24, 2.45) is 5.73 Å². The summed E-state index contributed by atoms with van der Waals surface area (Å²) in [5.74, 6) is 0.164. The van der Waals surface area contributed by atoms with Gasteiger partial charge in [0.15, 0.2) is 0 Å². The SMILES string of the molecule is CC[C@H](N)C(=O)N1CCCC1CN1CCCCC1. The second-order valence-electron chi connectivity index (χ2n) is 5.70. The summed E-state index contributed by atoms with van der Waals surface area (Å²) in [6, 6.07) is 0.111. The maximum absolute atomic E-state index is 12.2. The number of hydrogen-bond donors (Lipinski definition) is 1. The van der Waals surface area contributed by atoms with E-state index in [2.05, 4.69) is 4.90 Å². The highest BCUT2D eigenvalue weighted by atomic mass is 16.2. The topological polar surface area (TPSA) is 49.6 Å². The third-order valence-corrected chi connectivity index (χ3v) is 4.33. The van der Waals surface area contributed by atoms with Gasteiger partial charge in [0.2, 0.25) is 5.91 Å². The van der Waals surface area contributed by atoms with E-state index >= 15 is 0 Å². The molecule has 1 amide bonds. The minimum Gasteiger partial charge on any atom is -0.337 e. The van der Waals surface area contributed by atoms with Crippen LogP contribution in [-0.4, -0.2) is 54.0 Å². The molecule has 2 rings (SSSR count). The zero-order chi connectivity index (χ0) is 13.0. The van der Waals surface area contributed by atoms with Crippen LogP contribution in [0.3, 0.4) is 0 Å². The number of nitrogens with two attached hydrogens (primary N) is 1. The van der Waals surface area contributed by atoms with Crippen molar-refractivity contribution in [3.8, 4) is 0 Å². The van der Waals surface area contributed by atoms with Crippen molar-refractivity contribution in [2.75, 3.05) is 26.2 Å². The molecule has 2 aliphatic rings. The lowest BCUT2D eigenvalue weighted by atomic mass is 10.1. The molecule has 2 aliphatic heterocycles. The Balaban J connectivity index is 1.88. The minimum absolute atomic E-state index is 0.164. The maximum atomic E-state index is 12.2. The molecule has 0 spiro atoms. The van der Waals surface area contributed by atoms with Gasteiger partial charge < -0.3 is 15.5 Å². The smallest absolute Gasteiger partial charge is 0.239 e. The molecule has 18 heavy (non-hydrogen) atoms. The molecule has 2 heterocycles. The lowest BCUT2D eigenvalue weighted by Crippen LogP contribution is -2.49. The fourth-order valence-electron chi connectivity index (χ4n) is 3.14. The summed E-state index contributed by atoms with van der Waals surface area (Å²) in [6.45, 7) is 6.36. The van der Waals surface area contributed by atoms with Crippen LogP contribution in [0.4, 0.5) is 0 Å². The molecular formula is C14H27N3O. The lowest BCUT2D eigenvalue weighted by Gasteiger charge is -2.33. The van der Waals surface area contributed by atoms with Gasteiger partial charge in [0.1, 0.15) is 0 Å². The second kappa shape index (κ2) is 6.53. The van der Waals surface area contributed by atoms with Crippen LogP contribution in [0, 0.1) is 0 Å². The maximum Gasteiger partial charge on any atom is 0.239 e. The molecule has 104 valence electrons. The zero-order valence-electron chi connectivity index (χ0n) is 11.6. The number of carbonyl (C=O) groups excluding carboxylic acids is 1. The summed E-state index contributed by atoms with van der Waals surface area (Å²) in [4.78, 5) is 16.8. The van der Waals surface area contributed by atoms with Crippen molar-refractivity contribution in [1.29, 1.82) is 0 Å². The van der Waals surface area contributed by atoms with E-state index < -0.39 is 0 Å². The van der Waals surface area contributed by atoms with Gasteiger partial charge >= 0.3 is 0 Å². The van der Waals surface area contributed by atoms with Gasteiger partial charge in [0, 0.05) is 19.1 Å². The highest BCUT2D eigenvalue weighted by molar-refractivity contribution is 5.82. The van der Waals surface area contributed by atoms with Crippen molar-refractivity contribution in [3.05, 3.63) is 0 Å². The van der Waals surface area contributed by atoms with E-state index in [0.29, 0.717) is 6.04 Å². The number of piperidine rings is 1. The zero-order valence-corrected chi connectivity index (χ0v) is 11.6. The highest BCUT2D eigenvalue weighted by Gasteiger charge is 2.32. The second-order valence-corrected chi connectivity index (χ2v) is 5.70. The Morgan fingerprint density at radius 3 is 2.61 bits per heavy atom. The van der Waals surface area contributed by atoms with Crippen LogP contribution < -0.4 is 5.73 Å². The van der Waals surface area contributed by atoms with E-state index in [9.17, 15) is 4.79 Å². The predicted octanol–water partition coefficient (Wildman–Crippen LogP) is 1.20. The van der Waals surface area contributed by atoms with E-state index in [-0.39, 0.29) is 11.9 Å². The molecule has 2 fully saturated rings. The van der Waals surface area contributed by atoms with Crippen molar-refractivity contribution < 1.29 is 4.79 Å². The average Bonchev–Trinajstić information content (AvgIpc) is 2.86. The molecule has 0 bridgehead atoms. The van der Waals surface area contributed by atoms with E-state index in [0.717, 1.165) is 32.4 Å². The summed E-state index contributed by atoms with van der Waals surface area (Å²) < 4.78 is 0. The van der Waals surface area contributed by atoms with Crippen LogP contribution >= 0.6 is 0 Å². The van der Waals surface area contributed by atoms with Crippen LogP contribution in [-0.2, 0) is 4.79 Å². The Bertz CT molecular complexity index is 276. The number of amides is 1. The standard InChI is InChI=1S/C14H27N3O/c1-2-13(15)14(18)17-10-6-7-12(17)11-16-8-4-3-5-9-16/h12-13H,2-11,15H2,1H3/t12?,13-/m0/s1. The summed E-state index contributed by atoms with van der Waals surface area (Å²) in [6.07, 6.45) is 7.03. The Kier molecular flexibility index (Phi) is 5.01. The van der Waals surface area contributed by atoms with Crippen molar-refractivity contribution in [2.45, 2.75) is 57.5 Å². The first kappa shape index (κ1) is 13.8. The summed E-state index contributed by atoms with van der Waals surface area (Å²) in [5.41, 5.74) is 5.89. The Morgan fingerprint density at radius 2 is 1.94 bits per heavy atom. The summed E-state index contributed by atoms with van der Waals surface area (Å²) in [7, 11) is 0. The highest BCUT2D eigenvalue weighted by Crippen LogP contribution is 2.21. The van der Waals surface area contributed by atoms with Gasteiger partial charge in [-0.25, -0.2) is 0 Å². The lowest BCUT2D eigenvalue weighted by molar-refractivity contribution is -0.133. The molecule has 0 aromatic rings. The molecule has 4 nitrogen and oxygen atoms in total. The molecule has 2 atom stereocenters. The summed E-state index contributed by atoms with van der Waals surface area (Å²) in [5, 5.41) is 0. The van der Waals surface area contributed by atoms with Gasteiger partial charge in [-0.15, -0.1) is 0 Å². The summed E-state index contributed by atoms with van der Waals surface area (Å²) >= 11 is 0. The molecule has 0 aromatic heterocycles. The number of likely N-dealkylation sites (tertiary alicyclic amines) is 2. The molecule has 0 aromatic carbocycles. The van der Waals surface area contributed by atoms with Crippen LogP contribution in [0.1, 0.15) is 45.4 Å². The first-order valence-electron chi connectivity index (χ1n) is 7.50. The molecule has 4 heteroatoms. The molecule has 0 saturated carbocycles. The number of hydrogen-bond acceptors (Lipinski definition) is 3. The Hall–Kier alpha value is -0.610. The molecule has 2 saturated heterocycles. The average molecular weight is 253 g/mol. The first-order valence-corrected chi connectivity index (χ1v) is 7.50. The largest absolute Gasteiger partial charge is 0.337 e. The molecular weight excluding hydrogens is 226 g/mol. The number of carbonyl (C=O) groups is 1. The first-order chi connectivity index (χ1) is 8.72. The Morgan fingerprint density at radius 1 is 1.22 bits per heavy atom. The van der Waals surface area contributed by atoms with E-state index in [1.165, 1.54) is 32.4 Å².